The van der Waals surface area contributed by atoms with Crippen LogP contribution in [0.25, 0.3) is 0 Å². The second-order valence-corrected chi connectivity index (χ2v) is 8.27. The normalized spacial score (nSPS) is 20.9. The van der Waals surface area contributed by atoms with E-state index in [0.29, 0.717) is 18.4 Å². The van der Waals surface area contributed by atoms with Crippen LogP contribution in [0.1, 0.15) is 43.2 Å². The molecule has 0 spiro atoms. The molecular weight excluding hydrogens is 310 g/mol. The average molecular weight is 333 g/mol. The highest BCUT2D eigenvalue weighted by Crippen LogP contribution is 2.44. The number of nitrogens with zero attached hydrogens (tertiary/aromatic N) is 2. The second-order valence-electron chi connectivity index (χ2n) is 6.56. The van der Waals surface area contributed by atoms with Gasteiger partial charge in [-0.05, 0) is 41.4 Å². The standard InChI is InChI=1S/C17H23N3O2S/c1-12(2)16-10-13(14-6-4-5-7-15(14)16)11-19-23(21,22)17-8-9-18-20(17)3/h4-9,12-13,16,19H,10-11H2,1-3H3/t13-,16-/m0/s1. The van der Waals surface area contributed by atoms with Crippen LogP contribution in [-0.4, -0.2) is 24.7 Å². The van der Waals surface area contributed by atoms with Crippen molar-refractivity contribution in [1.82, 2.24) is 14.5 Å². The van der Waals surface area contributed by atoms with Crippen molar-refractivity contribution in [2.45, 2.75) is 37.1 Å². The summed E-state index contributed by atoms with van der Waals surface area (Å²) in [7, 11) is -1.89. The SMILES string of the molecule is CC(C)[C@@H]1C[C@@H](CNS(=O)(=O)c2ccnn2C)c2ccccc21. The van der Waals surface area contributed by atoms with Gasteiger partial charge in [-0.2, -0.15) is 5.10 Å². The Bertz CT molecular complexity index is 796. The molecule has 2 atom stereocenters. The lowest BCUT2D eigenvalue weighted by Gasteiger charge is -2.16. The quantitative estimate of drug-likeness (QED) is 0.915. The molecule has 0 fully saturated rings. The fourth-order valence-corrected chi connectivity index (χ4v) is 4.72. The molecule has 1 aliphatic rings. The molecule has 3 rings (SSSR count). The first kappa shape index (κ1) is 16.2. The third kappa shape index (κ3) is 3.05. The first-order valence-electron chi connectivity index (χ1n) is 7.96. The highest BCUT2D eigenvalue weighted by atomic mass is 32.2. The summed E-state index contributed by atoms with van der Waals surface area (Å²) >= 11 is 0. The zero-order valence-electron chi connectivity index (χ0n) is 13.7. The molecule has 0 unspecified atom stereocenters. The molecule has 0 bridgehead atoms. The molecule has 124 valence electrons. The van der Waals surface area contributed by atoms with Crippen LogP contribution in [0.5, 0.6) is 0 Å². The number of benzene rings is 1. The van der Waals surface area contributed by atoms with E-state index in [0.717, 1.165) is 6.42 Å². The Morgan fingerprint density at radius 2 is 1.96 bits per heavy atom. The van der Waals surface area contributed by atoms with E-state index in [9.17, 15) is 8.42 Å². The molecule has 6 heteroatoms. The van der Waals surface area contributed by atoms with Crippen LogP contribution >= 0.6 is 0 Å². The van der Waals surface area contributed by atoms with Crippen LogP contribution in [0.2, 0.25) is 0 Å². The summed E-state index contributed by atoms with van der Waals surface area (Å²) in [4.78, 5) is 0. The van der Waals surface area contributed by atoms with Gasteiger partial charge in [0.05, 0.1) is 6.20 Å². The summed E-state index contributed by atoms with van der Waals surface area (Å²) in [5, 5.41) is 4.13. The summed E-state index contributed by atoms with van der Waals surface area (Å²) in [5.41, 5.74) is 2.64. The Balaban J connectivity index is 1.78. The highest BCUT2D eigenvalue weighted by molar-refractivity contribution is 7.89. The second kappa shape index (κ2) is 6.09. The molecule has 5 nitrogen and oxygen atoms in total. The Morgan fingerprint density at radius 3 is 2.57 bits per heavy atom. The van der Waals surface area contributed by atoms with Gasteiger partial charge in [0.2, 0.25) is 0 Å². The van der Waals surface area contributed by atoms with Crippen molar-refractivity contribution in [3.8, 4) is 0 Å². The number of fused-ring (bicyclic) bond motifs is 1. The fraction of sp³-hybridized carbons (Fsp3) is 0.471. The average Bonchev–Trinajstić information content (AvgIpc) is 3.09. The van der Waals surface area contributed by atoms with Crippen LogP contribution in [-0.2, 0) is 17.1 Å². The number of aromatic nitrogens is 2. The maximum Gasteiger partial charge on any atom is 0.257 e. The largest absolute Gasteiger partial charge is 0.257 e. The van der Waals surface area contributed by atoms with E-state index in [1.807, 2.05) is 6.07 Å². The zero-order valence-corrected chi connectivity index (χ0v) is 14.5. The lowest BCUT2D eigenvalue weighted by Crippen LogP contribution is -2.29. The number of hydrogen-bond donors (Lipinski definition) is 1. The van der Waals surface area contributed by atoms with E-state index in [1.54, 1.807) is 7.05 Å². The van der Waals surface area contributed by atoms with E-state index in [2.05, 4.69) is 41.9 Å². The van der Waals surface area contributed by atoms with E-state index < -0.39 is 10.0 Å². The maximum atomic E-state index is 12.4. The lowest BCUT2D eigenvalue weighted by atomic mass is 9.90. The lowest BCUT2D eigenvalue weighted by molar-refractivity contribution is 0.462. The zero-order chi connectivity index (χ0) is 16.6. The molecule has 1 heterocycles. The van der Waals surface area contributed by atoms with Gasteiger partial charge in [0, 0.05) is 13.6 Å². The van der Waals surface area contributed by atoms with Gasteiger partial charge in [0.25, 0.3) is 10.0 Å². The minimum absolute atomic E-state index is 0.198. The van der Waals surface area contributed by atoms with Gasteiger partial charge in [-0.1, -0.05) is 38.1 Å². The van der Waals surface area contributed by atoms with Gasteiger partial charge >= 0.3 is 0 Å². The van der Waals surface area contributed by atoms with Crippen LogP contribution in [0.4, 0.5) is 0 Å². The summed E-state index contributed by atoms with van der Waals surface area (Å²) in [5.74, 6) is 1.27. The Labute approximate surface area is 137 Å². The van der Waals surface area contributed by atoms with E-state index in [4.69, 9.17) is 0 Å². The molecule has 0 radical (unpaired) electrons. The summed E-state index contributed by atoms with van der Waals surface area (Å²) in [6.45, 7) is 4.88. The molecule has 1 N–H and O–H groups in total. The van der Waals surface area contributed by atoms with Crippen molar-refractivity contribution >= 4 is 10.0 Å². The fourth-order valence-electron chi connectivity index (χ4n) is 3.51. The van der Waals surface area contributed by atoms with E-state index in [1.165, 1.54) is 28.1 Å². The summed E-state index contributed by atoms with van der Waals surface area (Å²) < 4.78 is 29.0. The Kier molecular flexibility index (Phi) is 4.29. The Morgan fingerprint density at radius 1 is 1.26 bits per heavy atom. The molecule has 23 heavy (non-hydrogen) atoms. The van der Waals surface area contributed by atoms with Crippen molar-refractivity contribution in [2.75, 3.05) is 6.54 Å². The predicted molar refractivity (Wildman–Crippen MR) is 89.8 cm³/mol. The van der Waals surface area contributed by atoms with Crippen molar-refractivity contribution < 1.29 is 8.42 Å². The van der Waals surface area contributed by atoms with Gasteiger partial charge in [0.1, 0.15) is 0 Å². The van der Waals surface area contributed by atoms with Gasteiger partial charge in [0.15, 0.2) is 5.03 Å². The molecular formula is C17H23N3O2S. The van der Waals surface area contributed by atoms with Crippen LogP contribution in [0, 0.1) is 5.92 Å². The number of rotatable bonds is 5. The smallest absolute Gasteiger partial charge is 0.256 e. The maximum absolute atomic E-state index is 12.4. The summed E-state index contributed by atoms with van der Waals surface area (Å²) in [6.07, 6.45) is 2.49. The third-order valence-electron chi connectivity index (χ3n) is 4.75. The Hall–Kier alpha value is -1.66. The van der Waals surface area contributed by atoms with Crippen molar-refractivity contribution in [1.29, 1.82) is 0 Å². The topological polar surface area (TPSA) is 64.0 Å². The van der Waals surface area contributed by atoms with Crippen molar-refractivity contribution in [3.63, 3.8) is 0 Å². The number of aryl methyl sites for hydroxylation is 1. The number of nitrogens with one attached hydrogen (secondary N) is 1. The minimum Gasteiger partial charge on any atom is -0.256 e. The van der Waals surface area contributed by atoms with Gasteiger partial charge in [-0.15, -0.1) is 0 Å². The molecule has 1 aromatic carbocycles. The molecule has 1 aromatic heterocycles. The molecule has 1 aliphatic carbocycles. The van der Waals surface area contributed by atoms with Crippen LogP contribution in [0.15, 0.2) is 41.6 Å². The first-order chi connectivity index (χ1) is 10.9. The van der Waals surface area contributed by atoms with E-state index in [-0.39, 0.29) is 10.9 Å². The van der Waals surface area contributed by atoms with Gasteiger partial charge < -0.3 is 0 Å². The molecule has 2 aromatic rings. The molecule has 0 aliphatic heterocycles. The van der Waals surface area contributed by atoms with Crippen LogP contribution in [0.3, 0.4) is 0 Å². The molecule has 0 saturated carbocycles. The molecule has 0 saturated heterocycles. The summed E-state index contributed by atoms with van der Waals surface area (Å²) in [6, 6.07) is 9.92. The van der Waals surface area contributed by atoms with Crippen LogP contribution < -0.4 is 4.72 Å². The van der Waals surface area contributed by atoms with E-state index >= 15 is 0 Å². The van der Waals surface area contributed by atoms with Crippen molar-refractivity contribution in [2.24, 2.45) is 13.0 Å². The first-order valence-corrected chi connectivity index (χ1v) is 9.45. The number of hydrogen-bond acceptors (Lipinski definition) is 3. The highest BCUT2D eigenvalue weighted by Gasteiger charge is 2.33. The molecule has 0 amide bonds. The third-order valence-corrected chi connectivity index (χ3v) is 6.25. The van der Waals surface area contributed by atoms with Gasteiger partial charge in [-0.3, -0.25) is 4.68 Å². The monoisotopic (exact) mass is 333 g/mol. The predicted octanol–water partition coefficient (Wildman–Crippen LogP) is 2.63. The van der Waals surface area contributed by atoms with Crippen molar-refractivity contribution in [3.05, 3.63) is 47.7 Å². The minimum atomic E-state index is -3.52. The van der Waals surface area contributed by atoms with Gasteiger partial charge in [-0.25, -0.2) is 13.1 Å². The number of sulfonamides is 1.